The molecule has 1 rings (SSSR count). The van der Waals surface area contributed by atoms with Gasteiger partial charge in [0.05, 0.1) is 6.61 Å². The number of carbonyl (C=O) groups is 1. The van der Waals surface area contributed by atoms with Crippen molar-refractivity contribution in [1.29, 1.82) is 0 Å². The van der Waals surface area contributed by atoms with Crippen LogP contribution in [0.5, 0.6) is 0 Å². The Bertz CT molecular complexity index is 331. The van der Waals surface area contributed by atoms with E-state index in [0.717, 1.165) is 0 Å². The zero-order valence-electron chi connectivity index (χ0n) is 8.36. The van der Waals surface area contributed by atoms with Crippen molar-refractivity contribution in [3.8, 4) is 0 Å². The average molecular weight is 211 g/mol. The van der Waals surface area contributed by atoms with E-state index in [9.17, 15) is 4.79 Å². The third kappa shape index (κ3) is 3.77. The number of nitrogen functional groups attached to an aromatic ring is 1. The maximum Gasteiger partial charge on any atom is 0.325 e. The molecule has 15 heavy (non-hydrogen) atoms. The van der Waals surface area contributed by atoms with Gasteiger partial charge < -0.3 is 15.5 Å². The highest BCUT2D eigenvalue weighted by atomic mass is 16.5. The summed E-state index contributed by atoms with van der Waals surface area (Å²) < 4.78 is 4.74. The number of anilines is 2. The van der Waals surface area contributed by atoms with E-state index in [1.165, 1.54) is 6.33 Å². The largest absolute Gasteiger partial charge is 0.465 e. The molecule has 0 saturated carbocycles. The maximum absolute atomic E-state index is 11.0. The molecule has 4 N–H and O–H groups in total. The van der Waals surface area contributed by atoms with Crippen LogP contribution in [0.15, 0.2) is 12.4 Å². The zero-order valence-corrected chi connectivity index (χ0v) is 8.36. The molecule has 82 valence electrons. The first kappa shape index (κ1) is 11.2. The molecule has 0 saturated heterocycles. The van der Waals surface area contributed by atoms with E-state index in [-0.39, 0.29) is 12.5 Å². The average Bonchev–Trinajstić information content (AvgIpc) is 2.27. The molecule has 0 atom stereocenters. The summed E-state index contributed by atoms with van der Waals surface area (Å²) in [6.45, 7) is 2.17. The molecule has 0 fully saturated rings. The highest BCUT2D eigenvalue weighted by Crippen LogP contribution is 2.06. The van der Waals surface area contributed by atoms with Crippen molar-refractivity contribution in [2.75, 3.05) is 23.9 Å². The lowest BCUT2D eigenvalue weighted by molar-refractivity contribution is -0.140. The summed E-state index contributed by atoms with van der Waals surface area (Å²) in [7, 11) is 0. The molecule has 0 bridgehead atoms. The number of aromatic nitrogens is 2. The fourth-order valence-electron chi connectivity index (χ4n) is 0.908. The summed E-state index contributed by atoms with van der Waals surface area (Å²) in [6, 6.07) is 1.58. The van der Waals surface area contributed by atoms with E-state index < -0.39 is 0 Å². The number of nitrogens with one attached hydrogen (secondary N) is 2. The third-order valence-electron chi connectivity index (χ3n) is 1.53. The summed E-state index contributed by atoms with van der Waals surface area (Å²) in [6.07, 6.45) is 1.34. The van der Waals surface area contributed by atoms with Crippen LogP contribution in [0.2, 0.25) is 0 Å². The number of hydrogen-bond acceptors (Lipinski definition) is 7. The number of nitrogens with two attached hydrogens (primary N) is 1. The minimum Gasteiger partial charge on any atom is -0.465 e. The van der Waals surface area contributed by atoms with E-state index in [2.05, 4.69) is 20.7 Å². The predicted octanol–water partition coefficient (Wildman–Crippen LogP) is -0.263. The molecule has 0 amide bonds. The Kier molecular flexibility index (Phi) is 4.30. The molecule has 1 aromatic rings. The molecule has 0 aliphatic rings. The Hall–Kier alpha value is -1.89. The molecule has 7 nitrogen and oxygen atoms in total. The molecule has 0 unspecified atom stereocenters. The topological polar surface area (TPSA) is 102 Å². The molecule has 1 heterocycles. The first-order valence-corrected chi connectivity index (χ1v) is 4.44. The van der Waals surface area contributed by atoms with Gasteiger partial charge in [0, 0.05) is 6.07 Å². The Morgan fingerprint density at radius 2 is 2.27 bits per heavy atom. The number of hydrogen-bond donors (Lipinski definition) is 3. The van der Waals surface area contributed by atoms with Crippen molar-refractivity contribution in [3.05, 3.63) is 12.4 Å². The van der Waals surface area contributed by atoms with Crippen LogP contribution in [0.25, 0.3) is 0 Å². The predicted molar refractivity (Wildman–Crippen MR) is 55.0 cm³/mol. The summed E-state index contributed by atoms with van der Waals surface area (Å²) in [5.41, 5.74) is 2.37. The zero-order chi connectivity index (χ0) is 11.1. The van der Waals surface area contributed by atoms with E-state index >= 15 is 0 Å². The van der Waals surface area contributed by atoms with E-state index in [1.54, 1.807) is 13.0 Å². The van der Waals surface area contributed by atoms with Gasteiger partial charge in [0.15, 0.2) is 0 Å². The van der Waals surface area contributed by atoms with Gasteiger partial charge in [-0.2, -0.15) is 0 Å². The summed E-state index contributed by atoms with van der Waals surface area (Å²) in [5.74, 6) is 5.80. The minimum atomic E-state index is -0.335. The van der Waals surface area contributed by atoms with E-state index in [4.69, 9.17) is 10.6 Å². The molecule has 1 aromatic heterocycles. The second-order valence-corrected chi connectivity index (χ2v) is 2.59. The molecular formula is C8H13N5O2. The lowest BCUT2D eigenvalue weighted by Gasteiger charge is -2.05. The van der Waals surface area contributed by atoms with Gasteiger partial charge in [-0.1, -0.05) is 0 Å². The van der Waals surface area contributed by atoms with Crippen LogP contribution in [0.3, 0.4) is 0 Å². The van der Waals surface area contributed by atoms with Crippen molar-refractivity contribution in [2.45, 2.75) is 6.92 Å². The van der Waals surface area contributed by atoms with Gasteiger partial charge in [0.1, 0.15) is 24.5 Å². The van der Waals surface area contributed by atoms with Crippen LogP contribution in [-0.4, -0.2) is 29.1 Å². The first-order valence-electron chi connectivity index (χ1n) is 4.44. The monoisotopic (exact) mass is 211 g/mol. The highest BCUT2D eigenvalue weighted by Gasteiger charge is 2.02. The number of carbonyl (C=O) groups excluding carboxylic acids is 1. The Labute approximate surface area is 87.0 Å². The number of hydrazine groups is 1. The van der Waals surface area contributed by atoms with Gasteiger partial charge in [-0.05, 0) is 6.92 Å². The highest BCUT2D eigenvalue weighted by molar-refractivity contribution is 5.74. The number of rotatable bonds is 5. The lowest BCUT2D eigenvalue weighted by atomic mass is 10.5. The Balaban J connectivity index is 2.46. The molecule has 0 radical (unpaired) electrons. The molecular weight excluding hydrogens is 198 g/mol. The lowest BCUT2D eigenvalue weighted by Crippen LogP contribution is -2.17. The summed E-state index contributed by atoms with van der Waals surface area (Å²) in [4.78, 5) is 18.7. The molecule has 0 aromatic carbocycles. The fourth-order valence-corrected chi connectivity index (χ4v) is 0.908. The quantitative estimate of drug-likeness (QED) is 0.350. The number of esters is 1. The van der Waals surface area contributed by atoms with Crippen molar-refractivity contribution >= 4 is 17.6 Å². The van der Waals surface area contributed by atoms with Gasteiger partial charge in [-0.3, -0.25) is 4.79 Å². The SMILES string of the molecule is CCOC(=O)CNc1cc(NN)ncn1. The van der Waals surface area contributed by atoms with Gasteiger partial charge in [-0.25, -0.2) is 15.8 Å². The van der Waals surface area contributed by atoms with Crippen molar-refractivity contribution in [2.24, 2.45) is 5.84 Å². The summed E-state index contributed by atoms with van der Waals surface area (Å²) >= 11 is 0. The van der Waals surface area contributed by atoms with Crippen molar-refractivity contribution in [3.63, 3.8) is 0 Å². The van der Waals surface area contributed by atoms with E-state index in [0.29, 0.717) is 18.2 Å². The van der Waals surface area contributed by atoms with Crippen molar-refractivity contribution < 1.29 is 9.53 Å². The van der Waals surface area contributed by atoms with Gasteiger partial charge in [0.25, 0.3) is 0 Å². The Morgan fingerprint density at radius 3 is 2.93 bits per heavy atom. The Morgan fingerprint density at radius 1 is 1.53 bits per heavy atom. The van der Waals surface area contributed by atoms with Crippen LogP contribution < -0.4 is 16.6 Å². The van der Waals surface area contributed by atoms with Gasteiger partial charge in [-0.15, -0.1) is 0 Å². The van der Waals surface area contributed by atoms with Crippen LogP contribution in [0, 0.1) is 0 Å². The second-order valence-electron chi connectivity index (χ2n) is 2.59. The maximum atomic E-state index is 11.0. The number of ether oxygens (including phenoxy) is 1. The summed E-state index contributed by atoms with van der Waals surface area (Å²) in [5, 5.41) is 2.78. The molecule has 0 spiro atoms. The van der Waals surface area contributed by atoms with Crippen LogP contribution in [0.4, 0.5) is 11.6 Å². The van der Waals surface area contributed by atoms with Crippen LogP contribution in [0.1, 0.15) is 6.92 Å². The molecule has 0 aliphatic heterocycles. The molecule has 7 heteroatoms. The third-order valence-corrected chi connectivity index (χ3v) is 1.53. The van der Waals surface area contributed by atoms with Gasteiger partial charge in [0.2, 0.25) is 0 Å². The normalized spacial score (nSPS) is 9.47. The van der Waals surface area contributed by atoms with Gasteiger partial charge >= 0.3 is 5.97 Å². The van der Waals surface area contributed by atoms with E-state index in [1.807, 2.05) is 0 Å². The van der Waals surface area contributed by atoms with Crippen molar-refractivity contribution in [1.82, 2.24) is 9.97 Å². The number of nitrogens with zero attached hydrogens (tertiary/aromatic N) is 2. The second kappa shape index (κ2) is 5.76. The smallest absolute Gasteiger partial charge is 0.325 e. The first-order chi connectivity index (χ1) is 7.26. The fraction of sp³-hybridized carbons (Fsp3) is 0.375. The van der Waals surface area contributed by atoms with Crippen LogP contribution >= 0.6 is 0 Å². The van der Waals surface area contributed by atoms with Crippen LogP contribution in [-0.2, 0) is 9.53 Å². The molecule has 0 aliphatic carbocycles. The standard InChI is InChI=1S/C8H13N5O2/c1-2-15-8(14)4-10-6-3-7(13-9)12-5-11-6/h3,5H,2,4,9H2,1H3,(H2,10,11,12,13). The minimum absolute atomic E-state index is 0.0643.